The number of nitrogens with zero attached hydrogens (tertiary/aromatic N) is 2. The van der Waals surface area contributed by atoms with Crippen LogP contribution in [0.3, 0.4) is 0 Å². The number of amides is 2. The zero-order chi connectivity index (χ0) is 22.3. The number of anilines is 1. The number of pyridine rings is 1. The van der Waals surface area contributed by atoms with Crippen LogP contribution in [-0.4, -0.2) is 22.8 Å². The highest BCUT2D eigenvalue weighted by atomic mass is 32.1. The molecule has 1 N–H and O–H groups in total. The van der Waals surface area contributed by atoms with Gasteiger partial charge in [0.25, 0.3) is 0 Å². The molecule has 1 aromatic carbocycles. The van der Waals surface area contributed by atoms with Crippen molar-refractivity contribution in [3.63, 3.8) is 0 Å². The standard InChI is InChI=1S/C26H29N3O2S/c1-19-9-5-6-14-23(19)29(24(30)17-22-13-8-16-32-22)25(20-10-7-15-27-18-20)26(31)28-21-11-3-2-4-12-21/h5-10,13-16,18,21,25H,2-4,11-12,17H2,1H3,(H,28,31)/t25-/m0/s1. The van der Waals surface area contributed by atoms with Crippen molar-refractivity contribution in [1.29, 1.82) is 0 Å². The minimum absolute atomic E-state index is 0.102. The first-order chi connectivity index (χ1) is 15.6. The normalized spacial score (nSPS) is 15.2. The second-order valence-electron chi connectivity index (χ2n) is 8.34. The van der Waals surface area contributed by atoms with Crippen LogP contribution in [0.15, 0.2) is 66.3 Å². The van der Waals surface area contributed by atoms with E-state index in [2.05, 4.69) is 10.3 Å². The van der Waals surface area contributed by atoms with Gasteiger partial charge in [0.05, 0.1) is 6.42 Å². The molecule has 0 aliphatic heterocycles. The van der Waals surface area contributed by atoms with Gasteiger partial charge in [0.15, 0.2) is 0 Å². The van der Waals surface area contributed by atoms with E-state index in [9.17, 15) is 9.59 Å². The van der Waals surface area contributed by atoms with Crippen LogP contribution < -0.4 is 10.2 Å². The van der Waals surface area contributed by atoms with Crippen molar-refractivity contribution in [1.82, 2.24) is 10.3 Å². The summed E-state index contributed by atoms with van der Waals surface area (Å²) in [7, 11) is 0. The molecule has 1 saturated carbocycles. The molecule has 0 unspecified atom stereocenters. The van der Waals surface area contributed by atoms with Crippen LogP contribution in [0.2, 0.25) is 0 Å². The summed E-state index contributed by atoms with van der Waals surface area (Å²) in [4.78, 5) is 34.3. The Morgan fingerprint density at radius 1 is 1.09 bits per heavy atom. The molecule has 2 heterocycles. The highest BCUT2D eigenvalue weighted by Gasteiger charge is 2.34. The summed E-state index contributed by atoms with van der Waals surface area (Å²) < 4.78 is 0. The highest BCUT2D eigenvalue weighted by molar-refractivity contribution is 7.10. The first kappa shape index (κ1) is 22.2. The van der Waals surface area contributed by atoms with Gasteiger partial charge >= 0.3 is 0 Å². The molecule has 3 aromatic rings. The number of nitrogens with one attached hydrogen (secondary N) is 1. The van der Waals surface area contributed by atoms with E-state index in [1.807, 2.05) is 60.8 Å². The molecule has 4 rings (SSSR count). The number of para-hydroxylation sites is 1. The van der Waals surface area contributed by atoms with E-state index in [0.29, 0.717) is 5.56 Å². The van der Waals surface area contributed by atoms with E-state index in [4.69, 9.17) is 0 Å². The Morgan fingerprint density at radius 2 is 1.91 bits per heavy atom. The molecule has 1 atom stereocenters. The van der Waals surface area contributed by atoms with Crippen LogP contribution >= 0.6 is 11.3 Å². The number of aryl methyl sites for hydroxylation is 1. The fourth-order valence-corrected chi connectivity index (χ4v) is 5.08. The first-order valence-corrected chi connectivity index (χ1v) is 12.1. The van der Waals surface area contributed by atoms with Gasteiger partial charge in [-0.2, -0.15) is 0 Å². The van der Waals surface area contributed by atoms with Gasteiger partial charge in [-0.15, -0.1) is 11.3 Å². The molecule has 0 radical (unpaired) electrons. The lowest BCUT2D eigenvalue weighted by Crippen LogP contribution is -2.48. The molecular formula is C26H29N3O2S. The molecular weight excluding hydrogens is 418 g/mol. The number of carbonyl (C=O) groups is 2. The lowest BCUT2D eigenvalue weighted by atomic mass is 9.94. The average molecular weight is 448 g/mol. The fraction of sp³-hybridized carbons (Fsp3) is 0.346. The van der Waals surface area contributed by atoms with E-state index in [1.165, 1.54) is 6.42 Å². The number of thiophene rings is 1. The topological polar surface area (TPSA) is 62.3 Å². The third-order valence-corrected chi connectivity index (χ3v) is 6.88. The summed E-state index contributed by atoms with van der Waals surface area (Å²) in [6.45, 7) is 1.97. The molecule has 0 spiro atoms. The summed E-state index contributed by atoms with van der Waals surface area (Å²) in [6, 6.07) is 14.7. The molecule has 0 saturated heterocycles. The van der Waals surface area contributed by atoms with Crippen molar-refractivity contribution < 1.29 is 9.59 Å². The van der Waals surface area contributed by atoms with Gasteiger partial charge in [-0.1, -0.05) is 49.6 Å². The highest BCUT2D eigenvalue weighted by Crippen LogP contribution is 2.32. The maximum absolute atomic E-state index is 13.7. The Balaban J connectivity index is 1.74. The van der Waals surface area contributed by atoms with Crippen LogP contribution in [0, 0.1) is 6.92 Å². The second kappa shape index (κ2) is 10.6. The largest absolute Gasteiger partial charge is 0.351 e. The van der Waals surface area contributed by atoms with E-state index < -0.39 is 6.04 Å². The molecule has 2 aromatic heterocycles. The number of benzene rings is 1. The predicted molar refractivity (Wildman–Crippen MR) is 129 cm³/mol. The molecule has 0 bridgehead atoms. The Kier molecular flexibility index (Phi) is 7.32. The zero-order valence-corrected chi connectivity index (χ0v) is 19.2. The first-order valence-electron chi connectivity index (χ1n) is 11.2. The van der Waals surface area contributed by atoms with Crippen molar-refractivity contribution in [2.24, 2.45) is 0 Å². The summed E-state index contributed by atoms with van der Waals surface area (Å²) in [5, 5.41) is 5.21. The molecule has 6 heteroatoms. The van der Waals surface area contributed by atoms with Crippen molar-refractivity contribution in [3.8, 4) is 0 Å². The van der Waals surface area contributed by atoms with Gasteiger partial charge in [0.1, 0.15) is 6.04 Å². The van der Waals surface area contributed by atoms with Gasteiger partial charge < -0.3 is 5.32 Å². The Labute approximate surface area is 193 Å². The van der Waals surface area contributed by atoms with Gasteiger partial charge in [-0.3, -0.25) is 19.5 Å². The number of rotatable bonds is 7. The van der Waals surface area contributed by atoms with Gasteiger partial charge in [-0.05, 0) is 48.9 Å². The Morgan fingerprint density at radius 3 is 2.59 bits per heavy atom. The SMILES string of the molecule is Cc1ccccc1N(C(=O)Cc1cccs1)[C@H](C(=O)NC1CCCCC1)c1cccnc1. The average Bonchev–Trinajstić information content (AvgIpc) is 3.32. The van der Waals surface area contributed by atoms with Crippen LogP contribution in [-0.2, 0) is 16.0 Å². The van der Waals surface area contributed by atoms with E-state index in [-0.39, 0.29) is 24.3 Å². The molecule has 1 aliphatic carbocycles. The molecule has 5 nitrogen and oxygen atoms in total. The third kappa shape index (κ3) is 5.25. The van der Waals surface area contributed by atoms with E-state index in [1.54, 1.807) is 28.6 Å². The lowest BCUT2D eigenvalue weighted by molar-refractivity contribution is -0.127. The van der Waals surface area contributed by atoms with Gasteiger partial charge in [0, 0.05) is 34.6 Å². The third-order valence-electron chi connectivity index (χ3n) is 6.01. The predicted octanol–water partition coefficient (Wildman–Crippen LogP) is 5.22. The minimum Gasteiger partial charge on any atom is -0.351 e. The summed E-state index contributed by atoms with van der Waals surface area (Å²) in [5.74, 6) is -0.248. The summed E-state index contributed by atoms with van der Waals surface area (Å²) in [6.07, 6.45) is 9.06. The lowest BCUT2D eigenvalue weighted by Gasteiger charge is -2.34. The van der Waals surface area contributed by atoms with Gasteiger partial charge in [-0.25, -0.2) is 0 Å². The molecule has 166 valence electrons. The summed E-state index contributed by atoms with van der Waals surface area (Å²) in [5.41, 5.74) is 2.41. The monoisotopic (exact) mass is 447 g/mol. The summed E-state index contributed by atoms with van der Waals surface area (Å²) >= 11 is 1.55. The smallest absolute Gasteiger partial charge is 0.248 e. The molecule has 1 aliphatic rings. The van der Waals surface area contributed by atoms with Crippen LogP contribution in [0.4, 0.5) is 5.69 Å². The number of hydrogen-bond donors (Lipinski definition) is 1. The fourth-order valence-electron chi connectivity index (χ4n) is 4.38. The number of carbonyl (C=O) groups excluding carboxylic acids is 2. The van der Waals surface area contributed by atoms with Crippen molar-refractivity contribution >= 4 is 28.8 Å². The van der Waals surface area contributed by atoms with Crippen molar-refractivity contribution in [2.75, 3.05) is 4.90 Å². The number of hydrogen-bond acceptors (Lipinski definition) is 4. The Bertz CT molecular complexity index is 1030. The van der Waals surface area contributed by atoms with Gasteiger partial charge in [0.2, 0.25) is 11.8 Å². The van der Waals surface area contributed by atoms with E-state index >= 15 is 0 Å². The molecule has 2 amide bonds. The van der Waals surface area contributed by atoms with Crippen LogP contribution in [0.1, 0.15) is 54.1 Å². The maximum Gasteiger partial charge on any atom is 0.248 e. The maximum atomic E-state index is 13.7. The van der Waals surface area contributed by atoms with Crippen molar-refractivity contribution in [2.45, 2.75) is 57.5 Å². The van der Waals surface area contributed by atoms with E-state index in [0.717, 1.165) is 41.8 Å². The van der Waals surface area contributed by atoms with Crippen molar-refractivity contribution in [3.05, 3.63) is 82.3 Å². The zero-order valence-electron chi connectivity index (χ0n) is 18.4. The Hall–Kier alpha value is -2.99. The minimum atomic E-state index is -0.779. The molecule has 32 heavy (non-hydrogen) atoms. The molecule has 1 fully saturated rings. The number of aromatic nitrogens is 1. The van der Waals surface area contributed by atoms with Crippen LogP contribution in [0.5, 0.6) is 0 Å². The quantitative estimate of drug-likeness (QED) is 0.540. The van der Waals surface area contributed by atoms with Crippen LogP contribution in [0.25, 0.3) is 0 Å². The second-order valence-corrected chi connectivity index (χ2v) is 9.37.